The number of benzene rings is 3. The molecule has 166 valence electrons. The van der Waals surface area contributed by atoms with Crippen molar-refractivity contribution in [1.29, 1.82) is 0 Å². The highest BCUT2D eigenvalue weighted by Crippen LogP contribution is 2.33. The smallest absolute Gasteiger partial charge is 0.258 e. The van der Waals surface area contributed by atoms with Crippen LogP contribution in [0.2, 0.25) is 10.0 Å². The fraction of sp³-hybridized carbons (Fsp3) is 0.0417. The minimum atomic E-state index is -0.336. The van der Waals surface area contributed by atoms with Crippen LogP contribution in [-0.2, 0) is 0 Å². The first-order valence-corrected chi connectivity index (χ1v) is 10.7. The fourth-order valence-corrected chi connectivity index (χ4v) is 3.85. The number of halogens is 3. The van der Waals surface area contributed by atoms with Gasteiger partial charge in [-0.05, 0) is 47.5 Å². The maximum atomic E-state index is 12.6. The summed E-state index contributed by atoms with van der Waals surface area (Å²) in [7, 11) is 0. The van der Waals surface area contributed by atoms with E-state index in [4.69, 9.17) is 23.2 Å². The van der Waals surface area contributed by atoms with Gasteiger partial charge >= 0.3 is 0 Å². The molecule has 1 unspecified atom stereocenters. The van der Waals surface area contributed by atoms with Crippen molar-refractivity contribution < 1.29 is 4.79 Å². The summed E-state index contributed by atoms with van der Waals surface area (Å²) < 4.78 is 1.75. The summed E-state index contributed by atoms with van der Waals surface area (Å²) in [4.78, 5) is 17.2. The summed E-state index contributed by atoms with van der Waals surface area (Å²) >= 11 is 12.1. The Hall–Kier alpha value is -3.32. The molecule has 9 heteroatoms. The van der Waals surface area contributed by atoms with E-state index in [-0.39, 0.29) is 30.3 Å². The van der Waals surface area contributed by atoms with Gasteiger partial charge in [-0.2, -0.15) is 4.98 Å². The molecule has 0 radical (unpaired) electrons. The maximum absolute atomic E-state index is 12.6. The molecule has 5 rings (SSSR count). The minimum absolute atomic E-state index is 0. The van der Waals surface area contributed by atoms with Crippen LogP contribution in [0.4, 0.5) is 11.9 Å². The maximum Gasteiger partial charge on any atom is 0.258 e. The number of carbonyl (C=O) groups excluding carboxylic acids is 1. The number of amides is 1. The van der Waals surface area contributed by atoms with E-state index in [0.717, 1.165) is 16.8 Å². The van der Waals surface area contributed by atoms with Crippen LogP contribution in [0.15, 0.2) is 84.9 Å². The number of aromatic nitrogens is 3. The first kappa shape index (κ1) is 22.9. The van der Waals surface area contributed by atoms with Gasteiger partial charge in [0.05, 0.1) is 0 Å². The van der Waals surface area contributed by atoms with Crippen LogP contribution in [0, 0.1) is 0 Å². The molecule has 1 aliphatic heterocycles. The van der Waals surface area contributed by atoms with Gasteiger partial charge in [-0.15, -0.1) is 17.5 Å². The van der Waals surface area contributed by atoms with Crippen LogP contribution < -0.4 is 10.6 Å². The number of hydrogen-bond acceptors (Lipinski definition) is 4. The highest BCUT2D eigenvalue weighted by Gasteiger charge is 2.26. The second kappa shape index (κ2) is 9.67. The average molecular weight is 499 g/mol. The number of nitrogens with one attached hydrogen (secondary N) is 2. The summed E-state index contributed by atoms with van der Waals surface area (Å²) in [5.41, 5.74) is 3.31. The molecule has 4 aromatic rings. The predicted octanol–water partition coefficient (Wildman–Crippen LogP) is 6.32. The Labute approximate surface area is 206 Å². The zero-order chi connectivity index (χ0) is 22.1. The summed E-state index contributed by atoms with van der Waals surface area (Å²) in [6, 6.07) is 24.0. The molecule has 1 aliphatic rings. The molecule has 1 aromatic heterocycles. The van der Waals surface area contributed by atoms with Crippen molar-refractivity contribution in [3.8, 4) is 0 Å². The monoisotopic (exact) mass is 497 g/mol. The standard InChI is InChI=1S/C24H17Cl2N5O.ClH/c25-18-11-9-15(10-12-18)20-14-21(16-5-2-1-3-6-16)31-24(27-20)29-23(30-31)28-22(32)17-7-4-8-19(26)13-17;/h1-14,21H,(H2,27,28,29,30,32);1H. The molecule has 0 spiro atoms. The van der Waals surface area contributed by atoms with E-state index in [9.17, 15) is 4.79 Å². The van der Waals surface area contributed by atoms with Gasteiger partial charge in [-0.3, -0.25) is 10.1 Å². The van der Waals surface area contributed by atoms with Crippen molar-refractivity contribution in [1.82, 2.24) is 14.8 Å². The molecule has 0 bridgehead atoms. The van der Waals surface area contributed by atoms with Crippen molar-refractivity contribution >= 4 is 59.1 Å². The van der Waals surface area contributed by atoms with Crippen LogP contribution in [-0.4, -0.2) is 20.7 Å². The number of nitrogens with zero attached hydrogens (tertiary/aromatic N) is 3. The van der Waals surface area contributed by atoms with E-state index < -0.39 is 0 Å². The lowest BCUT2D eigenvalue weighted by molar-refractivity contribution is 0.102. The molecule has 33 heavy (non-hydrogen) atoms. The van der Waals surface area contributed by atoms with Gasteiger partial charge < -0.3 is 5.32 Å². The van der Waals surface area contributed by atoms with Crippen LogP contribution in [0.1, 0.15) is 27.5 Å². The molecule has 2 N–H and O–H groups in total. The largest absolute Gasteiger partial charge is 0.324 e. The Bertz CT molecular complexity index is 1320. The molecule has 0 aliphatic carbocycles. The number of anilines is 2. The van der Waals surface area contributed by atoms with Gasteiger partial charge in [0.25, 0.3) is 11.9 Å². The predicted molar refractivity (Wildman–Crippen MR) is 134 cm³/mol. The molecule has 1 atom stereocenters. The number of rotatable bonds is 4. The summed E-state index contributed by atoms with van der Waals surface area (Å²) in [6.45, 7) is 0. The van der Waals surface area contributed by atoms with Crippen LogP contribution in [0.3, 0.4) is 0 Å². The molecule has 2 heterocycles. The van der Waals surface area contributed by atoms with Crippen molar-refractivity contribution in [2.24, 2.45) is 0 Å². The molecule has 0 saturated carbocycles. The van der Waals surface area contributed by atoms with Gasteiger partial charge in [-0.1, -0.05) is 71.7 Å². The third-order valence-corrected chi connectivity index (χ3v) is 5.56. The van der Waals surface area contributed by atoms with Crippen molar-refractivity contribution in [3.05, 3.63) is 112 Å². The lowest BCUT2D eigenvalue weighted by atomic mass is 10.0. The Morgan fingerprint density at radius 3 is 2.42 bits per heavy atom. The summed E-state index contributed by atoms with van der Waals surface area (Å²) in [5.74, 6) is 0.384. The van der Waals surface area contributed by atoms with E-state index in [1.165, 1.54) is 0 Å². The van der Waals surface area contributed by atoms with E-state index >= 15 is 0 Å². The van der Waals surface area contributed by atoms with Crippen molar-refractivity contribution in [3.63, 3.8) is 0 Å². The second-order valence-electron chi connectivity index (χ2n) is 7.24. The zero-order valence-electron chi connectivity index (χ0n) is 17.1. The highest BCUT2D eigenvalue weighted by molar-refractivity contribution is 6.31. The molecule has 0 fully saturated rings. The Kier molecular flexibility index (Phi) is 6.70. The molecule has 3 aromatic carbocycles. The second-order valence-corrected chi connectivity index (χ2v) is 8.11. The quantitative estimate of drug-likeness (QED) is 0.346. The first-order chi connectivity index (χ1) is 15.6. The molecule has 0 saturated heterocycles. The number of allylic oxidation sites excluding steroid dienone is 1. The summed E-state index contributed by atoms with van der Waals surface area (Å²) in [6.07, 6.45) is 2.07. The summed E-state index contributed by atoms with van der Waals surface area (Å²) in [5, 5.41) is 11.8. The van der Waals surface area contributed by atoms with Crippen LogP contribution in [0.5, 0.6) is 0 Å². The van der Waals surface area contributed by atoms with Crippen LogP contribution in [0.25, 0.3) is 5.70 Å². The van der Waals surface area contributed by atoms with Gasteiger partial charge in [0.15, 0.2) is 0 Å². The first-order valence-electron chi connectivity index (χ1n) is 9.90. The molecular formula is C24H18Cl3N5O. The van der Waals surface area contributed by atoms with Gasteiger partial charge in [-0.25, -0.2) is 4.68 Å². The topological polar surface area (TPSA) is 71.8 Å². The van der Waals surface area contributed by atoms with E-state index in [2.05, 4.69) is 26.8 Å². The van der Waals surface area contributed by atoms with E-state index in [0.29, 0.717) is 21.6 Å². The molecule has 6 nitrogen and oxygen atoms in total. The van der Waals surface area contributed by atoms with E-state index in [1.807, 2.05) is 54.6 Å². The van der Waals surface area contributed by atoms with E-state index in [1.54, 1.807) is 28.9 Å². The lowest BCUT2D eigenvalue weighted by Crippen LogP contribution is -2.20. The number of carbonyl (C=O) groups is 1. The third-order valence-electron chi connectivity index (χ3n) is 5.07. The molecular weight excluding hydrogens is 481 g/mol. The van der Waals surface area contributed by atoms with Gasteiger partial charge in [0.1, 0.15) is 6.04 Å². The number of fused-ring (bicyclic) bond motifs is 1. The van der Waals surface area contributed by atoms with Crippen LogP contribution >= 0.6 is 35.6 Å². The van der Waals surface area contributed by atoms with Gasteiger partial charge in [0, 0.05) is 21.3 Å². The Morgan fingerprint density at radius 2 is 1.70 bits per heavy atom. The minimum Gasteiger partial charge on any atom is -0.324 e. The molecule has 1 amide bonds. The Balaban J connectivity index is 0.00000259. The van der Waals surface area contributed by atoms with Gasteiger partial charge in [0.2, 0.25) is 5.95 Å². The number of hydrogen-bond donors (Lipinski definition) is 2. The average Bonchev–Trinajstić information content (AvgIpc) is 3.21. The van der Waals surface area contributed by atoms with Crippen molar-refractivity contribution in [2.45, 2.75) is 6.04 Å². The fourth-order valence-electron chi connectivity index (χ4n) is 3.53. The normalized spacial score (nSPS) is 14.4. The third kappa shape index (κ3) is 4.88. The lowest BCUT2D eigenvalue weighted by Gasteiger charge is -2.24. The highest BCUT2D eigenvalue weighted by atomic mass is 35.5. The SMILES string of the molecule is Cl.O=C(Nc1nc2n(n1)C(c1ccccc1)C=C(c1ccc(Cl)cc1)N2)c1cccc(Cl)c1. The zero-order valence-corrected chi connectivity index (χ0v) is 19.4. The Morgan fingerprint density at radius 1 is 0.939 bits per heavy atom. The van der Waals surface area contributed by atoms with Crippen molar-refractivity contribution in [2.75, 3.05) is 10.6 Å².